The summed E-state index contributed by atoms with van der Waals surface area (Å²) in [6, 6.07) is 1.15. The maximum Gasteiger partial charge on any atom is 0.00419 e. The van der Waals surface area contributed by atoms with Crippen molar-refractivity contribution in [2.24, 2.45) is 11.7 Å². The van der Waals surface area contributed by atoms with Crippen LogP contribution in [0.1, 0.15) is 46.5 Å². The van der Waals surface area contributed by atoms with Gasteiger partial charge in [0.1, 0.15) is 0 Å². The zero-order chi connectivity index (χ0) is 10.6. The highest BCUT2D eigenvalue weighted by molar-refractivity contribution is 4.78. The fraction of sp³-hybridized carbons (Fsp3) is 1.00. The molecule has 0 bridgehead atoms. The van der Waals surface area contributed by atoms with Crippen LogP contribution in [0.3, 0.4) is 0 Å². The van der Waals surface area contributed by atoms with E-state index in [0.29, 0.717) is 12.1 Å². The number of nitrogens with zero attached hydrogens (tertiary/aromatic N) is 1. The van der Waals surface area contributed by atoms with Crippen LogP contribution in [0.2, 0.25) is 0 Å². The lowest BCUT2D eigenvalue weighted by atomic mass is 9.85. The van der Waals surface area contributed by atoms with Gasteiger partial charge in [0, 0.05) is 18.6 Å². The van der Waals surface area contributed by atoms with E-state index in [-0.39, 0.29) is 0 Å². The predicted molar refractivity (Wildman–Crippen MR) is 62.3 cm³/mol. The van der Waals surface area contributed by atoms with Gasteiger partial charge in [0.15, 0.2) is 0 Å². The summed E-state index contributed by atoms with van der Waals surface area (Å²) in [5.41, 5.74) is 6.00. The molecule has 0 aromatic heterocycles. The quantitative estimate of drug-likeness (QED) is 0.750. The molecule has 1 aliphatic carbocycles. The minimum Gasteiger partial charge on any atom is -0.328 e. The minimum atomic E-state index is 0.472. The average Bonchev–Trinajstić information content (AvgIpc) is 2.14. The Bertz CT molecular complexity index is 156. The Labute approximate surface area is 88.8 Å². The van der Waals surface area contributed by atoms with E-state index >= 15 is 0 Å². The van der Waals surface area contributed by atoms with Crippen molar-refractivity contribution in [3.05, 3.63) is 0 Å². The van der Waals surface area contributed by atoms with Crippen molar-refractivity contribution in [2.45, 2.75) is 58.5 Å². The van der Waals surface area contributed by atoms with E-state index < -0.39 is 0 Å². The van der Waals surface area contributed by atoms with Crippen molar-refractivity contribution in [1.29, 1.82) is 0 Å². The Morgan fingerprint density at radius 2 is 2.07 bits per heavy atom. The second kappa shape index (κ2) is 5.72. The van der Waals surface area contributed by atoms with Crippen molar-refractivity contribution in [3.8, 4) is 0 Å². The lowest BCUT2D eigenvalue weighted by Gasteiger charge is -2.33. The van der Waals surface area contributed by atoms with E-state index in [2.05, 4.69) is 25.7 Å². The zero-order valence-electron chi connectivity index (χ0n) is 10.00. The first-order chi connectivity index (χ1) is 6.63. The third-order valence-corrected chi connectivity index (χ3v) is 3.45. The molecule has 1 rings (SSSR count). The molecule has 0 spiro atoms. The van der Waals surface area contributed by atoms with E-state index in [1.54, 1.807) is 0 Å². The summed E-state index contributed by atoms with van der Waals surface area (Å²) in [5, 5.41) is 0. The standard InChI is InChI=1S/C12H26N2/c1-4-14(10(2)3)9-11-6-5-7-12(13)8-11/h10-12H,4-9,13H2,1-3H3. The van der Waals surface area contributed by atoms with Gasteiger partial charge in [-0.1, -0.05) is 13.3 Å². The number of hydrogen-bond acceptors (Lipinski definition) is 2. The summed E-state index contributed by atoms with van der Waals surface area (Å²) in [4.78, 5) is 2.56. The van der Waals surface area contributed by atoms with Crippen LogP contribution < -0.4 is 5.73 Å². The number of rotatable bonds is 4. The highest BCUT2D eigenvalue weighted by Gasteiger charge is 2.21. The molecular formula is C12H26N2. The molecule has 2 unspecified atom stereocenters. The van der Waals surface area contributed by atoms with Gasteiger partial charge in [-0.2, -0.15) is 0 Å². The van der Waals surface area contributed by atoms with E-state index in [0.717, 1.165) is 5.92 Å². The third-order valence-electron chi connectivity index (χ3n) is 3.45. The maximum absolute atomic E-state index is 6.00. The van der Waals surface area contributed by atoms with Crippen LogP contribution >= 0.6 is 0 Å². The van der Waals surface area contributed by atoms with E-state index in [4.69, 9.17) is 5.73 Å². The molecule has 84 valence electrons. The Kier molecular flexibility index (Phi) is 4.90. The molecule has 0 aromatic rings. The Balaban J connectivity index is 2.33. The van der Waals surface area contributed by atoms with Crippen molar-refractivity contribution in [1.82, 2.24) is 4.90 Å². The summed E-state index contributed by atoms with van der Waals surface area (Å²) in [7, 11) is 0. The molecule has 1 saturated carbocycles. The second-order valence-electron chi connectivity index (χ2n) is 4.97. The Morgan fingerprint density at radius 1 is 1.36 bits per heavy atom. The van der Waals surface area contributed by atoms with Crippen molar-refractivity contribution in [3.63, 3.8) is 0 Å². The summed E-state index contributed by atoms with van der Waals surface area (Å²) >= 11 is 0. The average molecular weight is 198 g/mol. The molecule has 0 amide bonds. The molecular weight excluding hydrogens is 172 g/mol. The van der Waals surface area contributed by atoms with Gasteiger partial charge in [0.2, 0.25) is 0 Å². The molecule has 0 aromatic carbocycles. The van der Waals surface area contributed by atoms with Crippen molar-refractivity contribution >= 4 is 0 Å². The fourth-order valence-corrected chi connectivity index (χ4v) is 2.54. The SMILES string of the molecule is CCN(CC1CCCC(N)C1)C(C)C. The first-order valence-corrected chi connectivity index (χ1v) is 6.13. The van der Waals surface area contributed by atoms with Gasteiger partial charge in [-0.15, -0.1) is 0 Å². The number of nitrogens with two attached hydrogens (primary N) is 1. The topological polar surface area (TPSA) is 29.3 Å². The van der Waals surface area contributed by atoms with Gasteiger partial charge in [0.25, 0.3) is 0 Å². The van der Waals surface area contributed by atoms with E-state index in [1.807, 2.05) is 0 Å². The summed E-state index contributed by atoms with van der Waals surface area (Å²) in [5.74, 6) is 0.848. The zero-order valence-corrected chi connectivity index (χ0v) is 10.00. The largest absolute Gasteiger partial charge is 0.328 e. The number of hydrogen-bond donors (Lipinski definition) is 1. The second-order valence-corrected chi connectivity index (χ2v) is 4.97. The molecule has 2 atom stereocenters. The van der Waals surface area contributed by atoms with Crippen LogP contribution in [-0.2, 0) is 0 Å². The van der Waals surface area contributed by atoms with Gasteiger partial charge in [-0.05, 0) is 45.6 Å². The molecule has 2 heteroatoms. The summed E-state index contributed by atoms with van der Waals surface area (Å²) < 4.78 is 0. The smallest absolute Gasteiger partial charge is 0.00419 e. The lowest BCUT2D eigenvalue weighted by molar-refractivity contribution is 0.167. The molecule has 14 heavy (non-hydrogen) atoms. The van der Waals surface area contributed by atoms with Crippen LogP contribution in [0.15, 0.2) is 0 Å². The first kappa shape index (κ1) is 12.0. The van der Waals surface area contributed by atoms with Gasteiger partial charge in [-0.25, -0.2) is 0 Å². The third kappa shape index (κ3) is 3.58. The van der Waals surface area contributed by atoms with E-state index in [9.17, 15) is 0 Å². The molecule has 1 fully saturated rings. The van der Waals surface area contributed by atoms with Gasteiger partial charge in [0.05, 0.1) is 0 Å². The van der Waals surface area contributed by atoms with Crippen LogP contribution in [0.4, 0.5) is 0 Å². The normalized spacial score (nSPS) is 28.7. The molecule has 1 aliphatic rings. The minimum absolute atomic E-state index is 0.472. The lowest BCUT2D eigenvalue weighted by Crippen LogP contribution is -2.38. The molecule has 0 radical (unpaired) electrons. The van der Waals surface area contributed by atoms with E-state index in [1.165, 1.54) is 38.8 Å². The molecule has 0 aliphatic heterocycles. The van der Waals surface area contributed by atoms with Gasteiger partial charge >= 0.3 is 0 Å². The highest BCUT2D eigenvalue weighted by atomic mass is 15.1. The highest BCUT2D eigenvalue weighted by Crippen LogP contribution is 2.24. The van der Waals surface area contributed by atoms with Crippen LogP contribution in [-0.4, -0.2) is 30.1 Å². The van der Waals surface area contributed by atoms with Gasteiger partial charge in [-0.3, -0.25) is 0 Å². The first-order valence-electron chi connectivity index (χ1n) is 6.13. The monoisotopic (exact) mass is 198 g/mol. The fourth-order valence-electron chi connectivity index (χ4n) is 2.54. The summed E-state index contributed by atoms with van der Waals surface area (Å²) in [6.07, 6.45) is 5.20. The Morgan fingerprint density at radius 3 is 2.57 bits per heavy atom. The predicted octanol–water partition coefficient (Wildman–Crippen LogP) is 2.23. The van der Waals surface area contributed by atoms with Crippen LogP contribution in [0.25, 0.3) is 0 Å². The van der Waals surface area contributed by atoms with Crippen LogP contribution in [0.5, 0.6) is 0 Å². The Hall–Kier alpha value is -0.0800. The molecule has 2 N–H and O–H groups in total. The van der Waals surface area contributed by atoms with Crippen molar-refractivity contribution in [2.75, 3.05) is 13.1 Å². The molecule has 0 heterocycles. The molecule has 2 nitrogen and oxygen atoms in total. The van der Waals surface area contributed by atoms with Crippen molar-refractivity contribution < 1.29 is 0 Å². The van der Waals surface area contributed by atoms with Gasteiger partial charge < -0.3 is 10.6 Å². The maximum atomic E-state index is 6.00. The molecule has 0 saturated heterocycles. The summed E-state index contributed by atoms with van der Waals surface area (Å²) in [6.45, 7) is 9.24. The van der Waals surface area contributed by atoms with Crippen LogP contribution in [0, 0.1) is 5.92 Å².